The highest BCUT2D eigenvalue weighted by Crippen LogP contribution is 2.47. The van der Waals surface area contributed by atoms with Crippen LogP contribution < -0.4 is 10.2 Å². The highest BCUT2D eigenvalue weighted by molar-refractivity contribution is 5.63. The molecule has 2 saturated heterocycles. The van der Waals surface area contributed by atoms with E-state index in [1.54, 1.807) is 0 Å². The maximum Gasteiger partial charge on any atom is 0.137 e. The Labute approximate surface area is 217 Å². The minimum absolute atomic E-state index is 0.582. The summed E-state index contributed by atoms with van der Waals surface area (Å²) in [6.45, 7) is 7.13. The van der Waals surface area contributed by atoms with Gasteiger partial charge in [0.2, 0.25) is 0 Å². The van der Waals surface area contributed by atoms with Gasteiger partial charge in [0.15, 0.2) is 0 Å². The SMILES string of the molecule is c1cc2nc(Cn3cc(-c4cncc(N5CCCC5)c4)nn3)cn2cc1CNCN1CCC2(CCC2)C1. The Morgan fingerprint density at radius 2 is 1.86 bits per heavy atom. The van der Waals surface area contributed by atoms with E-state index in [2.05, 4.69) is 65.4 Å². The van der Waals surface area contributed by atoms with Crippen LogP contribution in [0.15, 0.2) is 49.2 Å². The lowest BCUT2D eigenvalue weighted by atomic mass is 9.68. The Bertz CT molecular complexity index is 1380. The number of rotatable bonds is 8. The number of hydrogen-bond acceptors (Lipinski definition) is 7. The molecule has 0 radical (unpaired) electrons. The third-order valence-electron chi connectivity index (χ3n) is 8.51. The molecule has 6 heterocycles. The lowest BCUT2D eigenvalue weighted by molar-refractivity contribution is 0.136. The van der Waals surface area contributed by atoms with Gasteiger partial charge in [-0.2, -0.15) is 0 Å². The number of anilines is 1. The molecule has 0 atom stereocenters. The van der Waals surface area contributed by atoms with Crippen LogP contribution in [0.3, 0.4) is 0 Å². The molecule has 9 nitrogen and oxygen atoms in total. The van der Waals surface area contributed by atoms with Crippen LogP contribution in [0.25, 0.3) is 16.9 Å². The number of fused-ring (bicyclic) bond motifs is 1. The largest absolute Gasteiger partial charge is 0.370 e. The summed E-state index contributed by atoms with van der Waals surface area (Å²) in [5.74, 6) is 0. The van der Waals surface area contributed by atoms with Crippen LogP contribution in [0.4, 0.5) is 5.69 Å². The Balaban J connectivity index is 0.977. The van der Waals surface area contributed by atoms with Gasteiger partial charge >= 0.3 is 0 Å². The van der Waals surface area contributed by atoms with Gasteiger partial charge in [-0.1, -0.05) is 17.7 Å². The second-order valence-corrected chi connectivity index (χ2v) is 11.2. The number of pyridine rings is 2. The topological polar surface area (TPSA) is 79.4 Å². The van der Waals surface area contributed by atoms with Crippen LogP contribution in [-0.4, -0.2) is 67.1 Å². The average Bonchev–Trinajstić information content (AvgIpc) is 3.70. The quantitative estimate of drug-likeness (QED) is 0.399. The molecule has 0 unspecified atom stereocenters. The molecule has 4 aromatic heterocycles. The van der Waals surface area contributed by atoms with E-state index in [9.17, 15) is 0 Å². The molecular weight excluding hydrogens is 462 g/mol. The summed E-state index contributed by atoms with van der Waals surface area (Å²) in [6.07, 6.45) is 18.2. The molecule has 3 fully saturated rings. The third-order valence-corrected chi connectivity index (χ3v) is 8.51. The molecule has 9 heteroatoms. The maximum absolute atomic E-state index is 4.80. The third kappa shape index (κ3) is 4.73. The molecule has 1 aliphatic carbocycles. The van der Waals surface area contributed by atoms with Gasteiger partial charge in [-0.05, 0) is 61.8 Å². The van der Waals surface area contributed by atoms with Crippen molar-refractivity contribution in [2.45, 2.75) is 51.6 Å². The van der Waals surface area contributed by atoms with E-state index in [1.807, 2.05) is 23.3 Å². The highest BCUT2D eigenvalue weighted by atomic mass is 15.4. The summed E-state index contributed by atoms with van der Waals surface area (Å²) < 4.78 is 3.97. The van der Waals surface area contributed by atoms with Gasteiger partial charge in [-0.25, -0.2) is 9.67 Å². The molecule has 2 aliphatic heterocycles. The van der Waals surface area contributed by atoms with E-state index in [0.717, 1.165) is 54.6 Å². The minimum atomic E-state index is 0.582. The number of imidazole rings is 1. The van der Waals surface area contributed by atoms with Crippen LogP contribution in [0, 0.1) is 5.41 Å². The van der Waals surface area contributed by atoms with Crippen molar-refractivity contribution in [3.8, 4) is 11.3 Å². The molecule has 1 saturated carbocycles. The van der Waals surface area contributed by atoms with Crippen LogP contribution in [0.1, 0.15) is 49.8 Å². The van der Waals surface area contributed by atoms with Crippen LogP contribution in [-0.2, 0) is 13.1 Å². The zero-order valence-electron chi connectivity index (χ0n) is 21.4. The summed E-state index contributed by atoms with van der Waals surface area (Å²) in [5, 5.41) is 12.4. The summed E-state index contributed by atoms with van der Waals surface area (Å²) in [7, 11) is 0. The zero-order chi connectivity index (χ0) is 24.7. The van der Waals surface area contributed by atoms with E-state index >= 15 is 0 Å². The summed E-state index contributed by atoms with van der Waals surface area (Å²) in [4.78, 5) is 14.2. The molecule has 0 aromatic carbocycles. The van der Waals surface area contributed by atoms with Crippen molar-refractivity contribution in [2.24, 2.45) is 5.41 Å². The minimum Gasteiger partial charge on any atom is -0.370 e. The normalized spacial score (nSPS) is 19.3. The molecule has 4 aromatic rings. The van der Waals surface area contributed by atoms with Crippen molar-refractivity contribution in [1.29, 1.82) is 0 Å². The van der Waals surface area contributed by atoms with Crippen molar-refractivity contribution in [3.63, 3.8) is 0 Å². The van der Waals surface area contributed by atoms with Crippen LogP contribution >= 0.6 is 0 Å². The fourth-order valence-corrected chi connectivity index (χ4v) is 6.27. The second kappa shape index (κ2) is 9.54. The van der Waals surface area contributed by atoms with Crippen molar-refractivity contribution in [3.05, 3.63) is 60.4 Å². The molecule has 3 aliphatic rings. The first kappa shape index (κ1) is 22.9. The van der Waals surface area contributed by atoms with Gasteiger partial charge in [-0.3, -0.25) is 9.88 Å². The van der Waals surface area contributed by atoms with Gasteiger partial charge in [0, 0.05) is 57.0 Å². The number of nitrogens with one attached hydrogen (secondary N) is 1. The smallest absolute Gasteiger partial charge is 0.137 e. The Kier molecular flexibility index (Phi) is 5.89. The number of likely N-dealkylation sites (tertiary alicyclic amines) is 1. The van der Waals surface area contributed by atoms with E-state index in [1.165, 1.54) is 57.2 Å². The van der Waals surface area contributed by atoms with Crippen molar-refractivity contribution < 1.29 is 0 Å². The summed E-state index contributed by atoms with van der Waals surface area (Å²) in [6, 6.07) is 6.44. The van der Waals surface area contributed by atoms with E-state index in [4.69, 9.17) is 4.98 Å². The van der Waals surface area contributed by atoms with E-state index < -0.39 is 0 Å². The van der Waals surface area contributed by atoms with Gasteiger partial charge in [0.05, 0.1) is 30.3 Å². The average molecular weight is 498 g/mol. The highest BCUT2D eigenvalue weighted by Gasteiger charge is 2.42. The molecule has 192 valence electrons. The fourth-order valence-electron chi connectivity index (χ4n) is 6.27. The number of hydrogen-bond donors (Lipinski definition) is 1. The van der Waals surface area contributed by atoms with Gasteiger partial charge in [-0.15, -0.1) is 5.10 Å². The molecular formula is C28H35N9. The molecule has 7 rings (SSSR count). The molecule has 1 spiro atoms. The Morgan fingerprint density at radius 3 is 2.70 bits per heavy atom. The molecule has 0 amide bonds. The van der Waals surface area contributed by atoms with Gasteiger partial charge in [0.1, 0.15) is 11.3 Å². The number of aromatic nitrogens is 6. The zero-order valence-corrected chi connectivity index (χ0v) is 21.4. The van der Waals surface area contributed by atoms with E-state index in [-0.39, 0.29) is 0 Å². The van der Waals surface area contributed by atoms with Crippen molar-refractivity contribution >= 4 is 11.3 Å². The van der Waals surface area contributed by atoms with Crippen molar-refractivity contribution in [1.82, 2.24) is 39.6 Å². The predicted molar refractivity (Wildman–Crippen MR) is 143 cm³/mol. The van der Waals surface area contributed by atoms with Crippen LogP contribution in [0.5, 0.6) is 0 Å². The molecule has 1 N–H and O–H groups in total. The second-order valence-electron chi connectivity index (χ2n) is 11.2. The number of nitrogens with zero attached hydrogens (tertiary/aromatic N) is 8. The Hall–Kier alpha value is -3.30. The monoisotopic (exact) mass is 497 g/mol. The van der Waals surface area contributed by atoms with Gasteiger partial charge in [0.25, 0.3) is 0 Å². The fraction of sp³-hybridized carbons (Fsp3) is 0.500. The van der Waals surface area contributed by atoms with Crippen molar-refractivity contribution in [2.75, 3.05) is 37.7 Å². The van der Waals surface area contributed by atoms with E-state index in [0.29, 0.717) is 12.0 Å². The standard InChI is InChI=1S/C28H35N9/c1-2-10-35(9-1)25-12-23(14-29-15-25)26-19-37(33-32-26)18-24-17-36-16-22(4-5-27(36)31-24)13-30-21-34-11-8-28(20-34)6-3-7-28/h4-5,12,14-17,19,30H,1-3,6-11,13,18,20-21H2. The lowest BCUT2D eigenvalue weighted by Gasteiger charge is -2.38. The summed E-state index contributed by atoms with van der Waals surface area (Å²) >= 11 is 0. The van der Waals surface area contributed by atoms with Crippen LogP contribution in [0.2, 0.25) is 0 Å². The first-order valence-electron chi connectivity index (χ1n) is 13.7. The summed E-state index contributed by atoms with van der Waals surface area (Å²) in [5.41, 5.74) is 6.85. The predicted octanol–water partition coefficient (Wildman–Crippen LogP) is 3.56. The first-order chi connectivity index (χ1) is 18.2. The molecule has 37 heavy (non-hydrogen) atoms. The van der Waals surface area contributed by atoms with Gasteiger partial charge < -0.3 is 14.6 Å². The lowest BCUT2D eigenvalue weighted by Crippen LogP contribution is -2.37. The Morgan fingerprint density at radius 1 is 0.946 bits per heavy atom. The molecule has 0 bridgehead atoms. The first-order valence-corrected chi connectivity index (χ1v) is 13.7. The maximum atomic E-state index is 4.80.